The van der Waals surface area contributed by atoms with E-state index in [1.165, 1.54) is 5.56 Å². The topological polar surface area (TPSA) is 20.3 Å². The lowest BCUT2D eigenvalue weighted by Crippen LogP contribution is -2.37. The van der Waals surface area contributed by atoms with Crippen molar-refractivity contribution >= 4 is 23.4 Å². The van der Waals surface area contributed by atoms with Gasteiger partial charge in [0.15, 0.2) is 0 Å². The molecule has 1 heterocycles. The molecule has 0 N–H and O–H groups in total. The average molecular weight is 311 g/mol. The van der Waals surface area contributed by atoms with Gasteiger partial charge in [0.1, 0.15) is 0 Å². The van der Waals surface area contributed by atoms with Gasteiger partial charge in [-0.05, 0) is 49.6 Å². The molecule has 0 unspecified atom stereocenters. The Morgan fingerprint density at radius 3 is 2.36 bits per heavy atom. The van der Waals surface area contributed by atoms with Crippen LogP contribution in [0.1, 0.15) is 49.5 Å². The van der Waals surface area contributed by atoms with Crippen LogP contribution < -0.4 is 4.90 Å². The number of carbonyl (C=O) groups excluding carboxylic acids is 1. The van der Waals surface area contributed by atoms with Gasteiger partial charge >= 0.3 is 0 Å². The number of hydrogen-bond acceptors (Lipinski definition) is 2. The van der Waals surface area contributed by atoms with Gasteiger partial charge in [0.2, 0.25) is 0 Å². The predicted molar refractivity (Wildman–Crippen MR) is 93.0 cm³/mol. The van der Waals surface area contributed by atoms with Gasteiger partial charge in [-0.1, -0.05) is 43.8 Å². The molecule has 0 radical (unpaired) electrons. The zero-order chi connectivity index (χ0) is 15.9. The highest BCUT2D eigenvalue weighted by Gasteiger charge is 2.29. The minimum absolute atomic E-state index is 0.0951. The molecule has 2 aromatic rings. The van der Waals surface area contributed by atoms with Crippen LogP contribution in [0.15, 0.2) is 52.3 Å². The third-order valence-corrected chi connectivity index (χ3v) is 5.12. The molecule has 3 rings (SSSR count). The number of anilines is 1. The van der Waals surface area contributed by atoms with Gasteiger partial charge in [0, 0.05) is 15.8 Å². The van der Waals surface area contributed by atoms with Crippen LogP contribution in [0, 0.1) is 0 Å². The third kappa shape index (κ3) is 2.54. The van der Waals surface area contributed by atoms with E-state index in [0.29, 0.717) is 5.92 Å². The Kier molecular flexibility index (Phi) is 4.00. The van der Waals surface area contributed by atoms with Crippen molar-refractivity contribution in [3.63, 3.8) is 0 Å². The first-order valence-electron chi connectivity index (χ1n) is 7.73. The smallest absolute Gasteiger partial charge is 0.259 e. The molecule has 0 spiro atoms. The molecule has 1 amide bonds. The summed E-state index contributed by atoms with van der Waals surface area (Å²) in [6.07, 6.45) is 0. The maximum absolute atomic E-state index is 13.0. The molecule has 1 aliphatic heterocycles. The van der Waals surface area contributed by atoms with Gasteiger partial charge in [0.05, 0.1) is 11.3 Å². The van der Waals surface area contributed by atoms with Crippen molar-refractivity contribution in [3.8, 4) is 0 Å². The molecular formula is C19H21NOS. The summed E-state index contributed by atoms with van der Waals surface area (Å²) in [5, 5.41) is 0. The van der Waals surface area contributed by atoms with Crippen molar-refractivity contribution < 1.29 is 4.79 Å². The Balaban J connectivity index is 2.22. The lowest BCUT2D eigenvalue weighted by atomic mass is 10.0. The Morgan fingerprint density at radius 1 is 0.955 bits per heavy atom. The fourth-order valence-corrected chi connectivity index (χ4v) is 3.82. The van der Waals surface area contributed by atoms with Crippen LogP contribution >= 0.6 is 11.8 Å². The van der Waals surface area contributed by atoms with E-state index in [4.69, 9.17) is 0 Å². The number of fused-ring (bicyclic) bond motifs is 2. The molecule has 22 heavy (non-hydrogen) atoms. The Hall–Kier alpha value is -1.74. The van der Waals surface area contributed by atoms with Gasteiger partial charge < -0.3 is 4.90 Å². The second kappa shape index (κ2) is 5.81. The summed E-state index contributed by atoms with van der Waals surface area (Å²) >= 11 is 1.69. The summed E-state index contributed by atoms with van der Waals surface area (Å²) in [7, 11) is 0. The summed E-state index contributed by atoms with van der Waals surface area (Å²) in [6, 6.07) is 14.5. The molecule has 0 atom stereocenters. The molecule has 0 bridgehead atoms. The van der Waals surface area contributed by atoms with Crippen LogP contribution in [0.3, 0.4) is 0 Å². The monoisotopic (exact) mass is 311 g/mol. The van der Waals surface area contributed by atoms with E-state index in [1.807, 2.05) is 29.2 Å². The summed E-state index contributed by atoms with van der Waals surface area (Å²) in [5.41, 5.74) is 3.10. The lowest BCUT2D eigenvalue weighted by Gasteiger charge is -2.27. The molecule has 3 heteroatoms. The predicted octanol–water partition coefficient (Wildman–Crippen LogP) is 5.33. The minimum Gasteiger partial charge on any atom is -0.305 e. The van der Waals surface area contributed by atoms with Crippen LogP contribution in [-0.4, -0.2) is 11.9 Å². The zero-order valence-corrected chi connectivity index (χ0v) is 14.3. The van der Waals surface area contributed by atoms with E-state index in [2.05, 4.69) is 45.9 Å². The van der Waals surface area contributed by atoms with Crippen LogP contribution in [0.5, 0.6) is 0 Å². The number of rotatable bonds is 2. The van der Waals surface area contributed by atoms with Gasteiger partial charge in [0.25, 0.3) is 5.91 Å². The van der Waals surface area contributed by atoms with E-state index in [-0.39, 0.29) is 11.9 Å². The molecule has 2 aromatic carbocycles. The minimum atomic E-state index is 0.0951. The van der Waals surface area contributed by atoms with Crippen molar-refractivity contribution in [1.29, 1.82) is 0 Å². The Morgan fingerprint density at radius 2 is 1.68 bits per heavy atom. The van der Waals surface area contributed by atoms with Crippen molar-refractivity contribution in [2.75, 3.05) is 4.90 Å². The molecule has 0 saturated heterocycles. The molecule has 1 aliphatic rings. The maximum atomic E-state index is 13.0. The van der Waals surface area contributed by atoms with Crippen molar-refractivity contribution in [3.05, 3.63) is 53.6 Å². The molecule has 2 nitrogen and oxygen atoms in total. The van der Waals surface area contributed by atoms with Crippen molar-refractivity contribution in [2.45, 2.75) is 49.4 Å². The first-order valence-corrected chi connectivity index (χ1v) is 8.55. The van der Waals surface area contributed by atoms with Crippen LogP contribution in [0.2, 0.25) is 0 Å². The highest BCUT2D eigenvalue weighted by Crippen LogP contribution is 2.43. The first kappa shape index (κ1) is 15.2. The first-order chi connectivity index (χ1) is 10.5. The molecular weight excluding hydrogens is 290 g/mol. The van der Waals surface area contributed by atoms with E-state index < -0.39 is 0 Å². The SMILES string of the molecule is CC(C)c1ccc2c(c1)N(C(C)C)C(=O)c1ccccc1S2. The lowest BCUT2D eigenvalue weighted by molar-refractivity contribution is 0.0977. The third-order valence-electron chi connectivity index (χ3n) is 3.98. The fourth-order valence-electron chi connectivity index (χ4n) is 2.77. The van der Waals surface area contributed by atoms with E-state index in [9.17, 15) is 4.79 Å². The molecule has 114 valence electrons. The summed E-state index contributed by atoms with van der Waals surface area (Å²) in [6.45, 7) is 8.51. The maximum Gasteiger partial charge on any atom is 0.259 e. The number of nitrogens with zero attached hydrogens (tertiary/aromatic N) is 1. The largest absolute Gasteiger partial charge is 0.305 e. The summed E-state index contributed by atoms with van der Waals surface area (Å²) in [4.78, 5) is 17.2. The van der Waals surface area contributed by atoms with Gasteiger partial charge in [-0.25, -0.2) is 0 Å². The van der Waals surface area contributed by atoms with Crippen molar-refractivity contribution in [2.24, 2.45) is 0 Å². The standard InChI is InChI=1S/C19H21NOS/c1-12(2)14-9-10-18-16(11-14)20(13(3)4)19(21)15-7-5-6-8-17(15)22-18/h5-13H,1-4H3. The fraction of sp³-hybridized carbons (Fsp3) is 0.316. The summed E-state index contributed by atoms with van der Waals surface area (Å²) in [5.74, 6) is 0.544. The zero-order valence-electron chi connectivity index (χ0n) is 13.5. The van der Waals surface area contributed by atoms with Crippen LogP contribution in [-0.2, 0) is 0 Å². The van der Waals surface area contributed by atoms with Crippen LogP contribution in [0.25, 0.3) is 0 Å². The highest BCUT2D eigenvalue weighted by atomic mass is 32.2. The molecule has 0 fully saturated rings. The highest BCUT2D eigenvalue weighted by molar-refractivity contribution is 7.99. The van der Waals surface area contributed by atoms with Gasteiger partial charge in [-0.2, -0.15) is 0 Å². The number of hydrogen-bond donors (Lipinski definition) is 0. The number of carbonyl (C=O) groups is 1. The van der Waals surface area contributed by atoms with E-state index in [1.54, 1.807) is 11.8 Å². The summed E-state index contributed by atoms with van der Waals surface area (Å²) < 4.78 is 0. The van der Waals surface area contributed by atoms with Gasteiger partial charge in [-0.3, -0.25) is 4.79 Å². The number of benzene rings is 2. The Bertz CT molecular complexity index is 721. The Labute approximate surface area is 136 Å². The molecule has 0 saturated carbocycles. The average Bonchev–Trinajstić information content (AvgIpc) is 2.60. The molecule has 0 aliphatic carbocycles. The quantitative estimate of drug-likeness (QED) is 0.747. The van der Waals surface area contributed by atoms with Gasteiger partial charge in [-0.15, -0.1) is 0 Å². The number of amides is 1. The second-order valence-electron chi connectivity index (χ2n) is 6.25. The van der Waals surface area contributed by atoms with Crippen molar-refractivity contribution in [1.82, 2.24) is 0 Å². The normalized spacial score (nSPS) is 14.1. The van der Waals surface area contributed by atoms with E-state index >= 15 is 0 Å². The second-order valence-corrected chi connectivity index (χ2v) is 7.33. The van der Waals surface area contributed by atoms with Crippen LogP contribution in [0.4, 0.5) is 5.69 Å². The molecule has 0 aromatic heterocycles. The van der Waals surface area contributed by atoms with E-state index in [0.717, 1.165) is 21.0 Å².